The van der Waals surface area contributed by atoms with Gasteiger partial charge in [0.15, 0.2) is 0 Å². The van der Waals surface area contributed by atoms with Crippen LogP contribution >= 0.6 is 11.6 Å². The standard InChI is InChI=1S/C7H9ClO/c1-3-4-5-6(2)7(8)9/h3-5H,1-2H3. The average Bonchev–Trinajstić information content (AvgIpc) is 1.82. The Labute approximate surface area is 60.0 Å². The van der Waals surface area contributed by atoms with Gasteiger partial charge in [-0.2, -0.15) is 0 Å². The predicted octanol–water partition coefficient (Wildman–Crippen LogP) is 2.27. The third-order valence-corrected chi connectivity index (χ3v) is 1.15. The van der Waals surface area contributed by atoms with E-state index in [1.165, 1.54) is 0 Å². The first-order chi connectivity index (χ1) is 4.18. The lowest BCUT2D eigenvalue weighted by Gasteiger charge is -1.84. The fraction of sp³-hybridized carbons (Fsp3) is 0.286. The van der Waals surface area contributed by atoms with Gasteiger partial charge in [0.05, 0.1) is 0 Å². The highest BCUT2D eigenvalue weighted by molar-refractivity contribution is 6.67. The molecule has 0 bridgehead atoms. The molecule has 0 aromatic carbocycles. The molecule has 0 amide bonds. The number of hydrogen-bond donors (Lipinski definition) is 0. The van der Waals surface area contributed by atoms with Gasteiger partial charge in [-0.15, -0.1) is 0 Å². The fourth-order valence-electron chi connectivity index (χ4n) is 0.306. The Morgan fingerprint density at radius 1 is 1.56 bits per heavy atom. The van der Waals surface area contributed by atoms with E-state index in [1.54, 1.807) is 19.1 Å². The zero-order valence-corrected chi connectivity index (χ0v) is 6.27. The smallest absolute Gasteiger partial charge is 0.248 e. The molecular formula is C7H9ClO. The summed E-state index contributed by atoms with van der Waals surface area (Å²) in [6.07, 6.45) is 5.29. The van der Waals surface area contributed by atoms with Crippen molar-refractivity contribution in [2.45, 2.75) is 13.8 Å². The topological polar surface area (TPSA) is 17.1 Å². The zero-order valence-electron chi connectivity index (χ0n) is 5.52. The minimum absolute atomic E-state index is 0.395. The van der Waals surface area contributed by atoms with Crippen molar-refractivity contribution in [2.24, 2.45) is 0 Å². The van der Waals surface area contributed by atoms with Crippen LogP contribution in [0.3, 0.4) is 0 Å². The van der Waals surface area contributed by atoms with Crippen LogP contribution in [0.4, 0.5) is 0 Å². The first-order valence-corrected chi connectivity index (χ1v) is 3.05. The molecule has 0 aromatic rings. The maximum absolute atomic E-state index is 10.3. The van der Waals surface area contributed by atoms with Gasteiger partial charge >= 0.3 is 0 Å². The van der Waals surface area contributed by atoms with Crippen molar-refractivity contribution in [2.75, 3.05) is 0 Å². The maximum Gasteiger partial charge on any atom is 0.248 e. The number of hydrogen-bond acceptors (Lipinski definition) is 1. The third-order valence-electron chi connectivity index (χ3n) is 0.849. The largest absolute Gasteiger partial charge is 0.276 e. The highest BCUT2D eigenvalue weighted by Crippen LogP contribution is 1.97. The van der Waals surface area contributed by atoms with Crippen LogP contribution in [-0.4, -0.2) is 5.24 Å². The van der Waals surface area contributed by atoms with Crippen LogP contribution in [0.5, 0.6) is 0 Å². The lowest BCUT2D eigenvalue weighted by molar-refractivity contribution is -0.108. The zero-order chi connectivity index (χ0) is 7.28. The van der Waals surface area contributed by atoms with Gasteiger partial charge in [0.2, 0.25) is 5.24 Å². The van der Waals surface area contributed by atoms with Crippen molar-refractivity contribution >= 4 is 16.8 Å². The van der Waals surface area contributed by atoms with Crippen molar-refractivity contribution < 1.29 is 4.79 Å². The number of allylic oxidation sites excluding steroid dienone is 4. The molecule has 9 heavy (non-hydrogen) atoms. The number of rotatable bonds is 2. The summed E-state index contributed by atoms with van der Waals surface area (Å²) >= 11 is 5.12. The van der Waals surface area contributed by atoms with Crippen LogP contribution in [0.2, 0.25) is 0 Å². The summed E-state index contributed by atoms with van der Waals surface area (Å²) in [6, 6.07) is 0. The van der Waals surface area contributed by atoms with E-state index in [-0.39, 0.29) is 0 Å². The summed E-state index contributed by atoms with van der Waals surface area (Å²) < 4.78 is 0. The minimum atomic E-state index is -0.395. The summed E-state index contributed by atoms with van der Waals surface area (Å²) in [5.74, 6) is 0. The molecule has 0 N–H and O–H groups in total. The van der Waals surface area contributed by atoms with Gasteiger partial charge in [-0.25, -0.2) is 0 Å². The van der Waals surface area contributed by atoms with Gasteiger partial charge in [-0.05, 0) is 25.4 Å². The van der Waals surface area contributed by atoms with E-state index >= 15 is 0 Å². The van der Waals surface area contributed by atoms with Crippen molar-refractivity contribution in [3.63, 3.8) is 0 Å². The Morgan fingerprint density at radius 2 is 2.11 bits per heavy atom. The van der Waals surface area contributed by atoms with E-state index in [9.17, 15) is 4.79 Å². The lowest BCUT2D eigenvalue weighted by Crippen LogP contribution is -1.84. The maximum atomic E-state index is 10.3. The van der Waals surface area contributed by atoms with Crippen molar-refractivity contribution in [3.05, 3.63) is 23.8 Å². The van der Waals surface area contributed by atoms with Crippen molar-refractivity contribution in [1.82, 2.24) is 0 Å². The van der Waals surface area contributed by atoms with E-state index in [0.717, 1.165) is 0 Å². The predicted molar refractivity (Wildman–Crippen MR) is 39.4 cm³/mol. The third kappa shape index (κ3) is 3.98. The number of carbonyl (C=O) groups is 1. The van der Waals surface area contributed by atoms with Crippen LogP contribution in [0.15, 0.2) is 23.8 Å². The van der Waals surface area contributed by atoms with E-state index in [0.29, 0.717) is 5.57 Å². The van der Waals surface area contributed by atoms with Gasteiger partial charge in [0.25, 0.3) is 0 Å². The van der Waals surface area contributed by atoms with E-state index in [1.807, 2.05) is 13.0 Å². The minimum Gasteiger partial charge on any atom is -0.276 e. The second kappa shape index (κ2) is 4.33. The second-order valence-electron chi connectivity index (χ2n) is 1.65. The molecule has 0 rings (SSSR count). The monoisotopic (exact) mass is 144 g/mol. The molecule has 2 heteroatoms. The molecule has 0 spiro atoms. The molecule has 50 valence electrons. The van der Waals surface area contributed by atoms with Crippen molar-refractivity contribution in [1.29, 1.82) is 0 Å². The summed E-state index contributed by atoms with van der Waals surface area (Å²) in [6.45, 7) is 3.55. The Morgan fingerprint density at radius 3 is 2.44 bits per heavy atom. The fourth-order valence-corrected chi connectivity index (χ4v) is 0.369. The molecule has 0 atom stereocenters. The highest BCUT2D eigenvalue weighted by Gasteiger charge is 1.93. The molecule has 0 unspecified atom stereocenters. The molecule has 0 aliphatic rings. The van der Waals surface area contributed by atoms with Crippen LogP contribution in [0, 0.1) is 0 Å². The molecule has 0 heterocycles. The first kappa shape index (κ1) is 8.44. The first-order valence-electron chi connectivity index (χ1n) is 2.68. The van der Waals surface area contributed by atoms with Gasteiger partial charge in [-0.1, -0.05) is 18.2 Å². The number of carbonyl (C=O) groups excluding carboxylic acids is 1. The Kier molecular flexibility index (Phi) is 4.06. The molecule has 0 fully saturated rings. The Balaban J connectivity index is 4.00. The summed E-state index contributed by atoms with van der Waals surface area (Å²) in [4.78, 5) is 10.3. The molecule has 0 radical (unpaired) electrons. The average molecular weight is 145 g/mol. The Bertz CT molecular complexity index is 156. The highest BCUT2D eigenvalue weighted by atomic mass is 35.5. The summed E-state index contributed by atoms with van der Waals surface area (Å²) in [5, 5.41) is -0.395. The lowest BCUT2D eigenvalue weighted by atomic mass is 10.3. The van der Waals surface area contributed by atoms with Gasteiger partial charge < -0.3 is 0 Å². The quantitative estimate of drug-likeness (QED) is 0.330. The van der Waals surface area contributed by atoms with Crippen LogP contribution < -0.4 is 0 Å². The van der Waals surface area contributed by atoms with E-state index < -0.39 is 5.24 Å². The second-order valence-corrected chi connectivity index (χ2v) is 1.99. The van der Waals surface area contributed by atoms with E-state index in [2.05, 4.69) is 0 Å². The molecular weight excluding hydrogens is 136 g/mol. The van der Waals surface area contributed by atoms with E-state index in [4.69, 9.17) is 11.6 Å². The molecule has 0 aromatic heterocycles. The SMILES string of the molecule is CC=CC=C(C)C(=O)Cl. The summed E-state index contributed by atoms with van der Waals surface area (Å²) in [5.41, 5.74) is 0.565. The summed E-state index contributed by atoms with van der Waals surface area (Å²) in [7, 11) is 0. The van der Waals surface area contributed by atoms with Crippen molar-refractivity contribution in [3.8, 4) is 0 Å². The number of halogens is 1. The molecule has 0 saturated carbocycles. The normalized spacial score (nSPS) is 12.6. The molecule has 0 saturated heterocycles. The van der Waals surface area contributed by atoms with Crippen LogP contribution in [0.25, 0.3) is 0 Å². The molecule has 0 aliphatic heterocycles. The van der Waals surface area contributed by atoms with Crippen LogP contribution in [0.1, 0.15) is 13.8 Å². The van der Waals surface area contributed by atoms with Crippen LogP contribution in [-0.2, 0) is 4.79 Å². The van der Waals surface area contributed by atoms with Gasteiger partial charge in [0, 0.05) is 5.57 Å². The van der Waals surface area contributed by atoms with Gasteiger partial charge in [0.1, 0.15) is 0 Å². The molecule has 1 nitrogen and oxygen atoms in total. The Hall–Kier alpha value is -0.560. The van der Waals surface area contributed by atoms with Gasteiger partial charge in [-0.3, -0.25) is 4.79 Å². The molecule has 0 aliphatic carbocycles.